The van der Waals surface area contributed by atoms with Gasteiger partial charge in [-0.15, -0.1) is 0 Å². The number of amides is 1. The van der Waals surface area contributed by atoms with Gasteiger partial charge in [-0.25, -0.2) is 0 Å². The first-order chi connectivity index (χ1) is 10.7. The van der Waals surface area contributed by atoms with E-state index >= 15 is 0 Å². The molecular formula is C17H21N3O2. The smallest absolute Gasteiger partial charge is 0.253 e. The molecule has 5 nitrogen and oxygen atoms in total. The van der Waals surface area contributed by atoms with E-state index < -0.39 is 0 Å². The molecule has 22 heavy (non-hydrogen) atoms. The second-order valence-electron chi connectivity index (χ2n) is 5.55. The highest BCUT2D eigenvalue weighted by Crippen LogP contribution is 2.27. The van der Waals surface area contributed by atoms with Gasteiger partial charge >= 0.3 is 0 Å². The number of nitrogens with one attached hydrogen (secondary N) is 1. The largest absolute Gasteiger partial charge is 0.379 e. The van der Waals surface area contributed by atoms with E-state index in [9.17, 15) is 4.79 Å². The van der Waals surface area contributed by atoms with Gasteiger partial charge in [-0.05, 0) is 30.7 Å². The zero-order valence-electron chi connectivity index (χ0n) is 13.0. The molecule has 116 valence electrons. The molecule has 1 aliphatic heterocycles. The van der Waals surface area contributed by atoms with Gasteiger partial charge in [0.1, 0.15) is 0 Å². The molecule has 0 spiro atoms. The maximum atomic E-state index is 12.2. The van der Waals surface area contributed by atoms with E-state index in [2.05, 4.69) is 28.2 Å². The van der Waals surface area contributed by atoms with Gasteiger partial charge in [0.25, 0.3) is 5.91 Å². The normalized spacial score (nSPS) is 17.4. The molecule has 0 saturated carbocycles. The molecule has 1 fully saturated rings. The summed E-state index contributed by atoms with van der Waals surface area (Å²) in [5.74, 6) is -0.0975. The highest BCUT2D eigenvalue weighted by Gasteiger charge is 2.21. The highest BCUT2D eigenvalue weighted by atomic mass is 16.5. The van der Waals surface area contributed by atoms with E-state index in [-0.39, 0.29) is 11.9 Å². The SMILES string of the molecule is CNC(=O)c1cc(C(C)N2CCOCC2)cc2cccnc12. The predicted molar refractivity (Wildman–Crippen MR) is 85.9 cm³/mol. The molecule has 3 rings (SSSR count). The maximum Gasteiger partial charge on any atom is 0.253 e. The average Bonchev–Trinajstić information content (AvgIpc) is 2.60. The Kier molecular flexibility index (Phi) is 4.36. The van der Waals surface area contributed by atoms with Crippen molar-refractivity contribution in [1.82, 2.24) is 15.2 Å². The number of fused-ring (bicyclic) bond motifs is 1. The Morgan fingerprint density at radius 1 is 1.36 bits per heavy atom. The minimum atomic E-state index is -0.0975. The van der Waals surface area contributed by atoms with Gasteiger partial charge in [0, 0.05) is 37.8 Å². The van der Waals surface area contributed by atoms with Crippen molar-refractivity contribution >= 4 is 16.8 Å². The van der Waals surface area contributed by atoms with Crippen molar-refractivity contribution in [3.63, 3.8) is 0 Å². The summed E-state index contributed by atoms with van der Waals surface area (Å²) in [7, 11) is 1.65. The number of hydrogen-bond acceptors (Lipinski definition) is 4. The number of rotatable bonds is 3. The number of pyridine rings is 1. The summed E-state index contributed by atoms with van der Waals surface area (Å²) in [5.41, 5.74) is 2.52. The molecule has 2 heterocycles. The summed E-state index contributed by atoms with van der Waals surface area (Å²) >= 11 is 0. The molecule has 2 aromatic rings. The zero-order chi connectivity index (χ0) is 15.5. The first-order valence-corrected chi connectivity index (χ1v) is 7.63. The second-order valence-corrected chi connectivity index (χ2v) is 5.55. The zero-order valence-corrected chi connectivity index (χ0v) is 13.0. The van der Waals surface area contributed by atoms with Crippen LogP contribution >= 0.6 is 0 Å². The lowest BCUT2D eigenvalue weighted by Crippen LogP contribution is -2.38. The Labute approximate surface area is 130 Å². The molecule has 1 aromatic carbocycles. The number of nitrogens with zero attached hydrogens (tertiary/aromatic N) is 2. The van der Waals surface area contributed by atoms with Crippen LogP contribution in [0, 0.1) is 0 Å². The van der Waals surface area contributed by atoms with Crippen LogP contribution in [0.4, 0.5) is 0 Å². The summed E-state index contributed by atoms with van der Waals surface area (Å²) in [6, 6.07) is 8.25. The summed E-state index contributed by atoms with van der Waals surface area (Å²) in [6.07, 6.45) is 1.72. The Balaban J connectivity index is 2.04. The lowest BCUT2D eigenvalue weighted by atomic mass is 9.99. The number of hydrogen-bond donors (Lipinski definition) is 1. The Morgan fingerprint density at radius 3 is 2.86 bits per heavy atom. The molecule has 1 N–H and O–H groups in total. The molecule has 1 aromatic heterocycles. The summed E-state index contributed by atoms with van der Waals surface area (Å²) in [4.78, 5) is 18.9. The van der Waals surface area contributed by atoms with E-state index in [4.69, 9.17) is 4.74 Å². The Morgan fingerprint density at radius 2 is 2.14 bits per heavy atom. The minimum Gasteiger partial charge on any atom is -0.379 e. The lowest BCUT2D eigenvalue weighted by molar-refractivity contribution is 0.0199. The molecule has 0 bridgehead atoms. The van der Waals surface area contributed by atoms with Crippen LogP contribution in [-0.2, 0) is 4.74 Å². The third-order valence-electron chi connectivity index (χ3n) is 4.27. The van der Waals surface area contributed by atoms with Crippen LogP contribution in [-0.4, -0.2) is 49.1 Å². The molecule has 0 aliphatic carbocycles. The van der Waals surface area contributed by atoms with Crippen LogP contribution in [0.1, 0.15) is 28.9 Å². The predicted octanol–water partition coefficient (Wildman–Crippen LogP) is 1.99. The first kappa shape index (κ1) is 14.9. The highest BCUT2D eigenvalue weighted by molar-refractivity contribution is 6.05. The first-order valence-electron chi connectivity index (χ1n) is 7.63. The number of ether oxygens (including phenoxy) is 1. The molecule has 5 heteroatoms. The van der Waals surface area contributed by atoms with Crippen LogP contribution in [0.3, 0.4) is 0 Å². The van der Waals surface area contributed by atoms with Gasteiger partial charge in [-0.1, -0.05) is 6.07 Å². The summed E-state index contributed by atoms with van der Waals surface area (Å²) < 4.78 is 5.42. The molecule has 1 aliphatic rings. The number of carbonyl (C=O) groups excluding carboxylic acids is 1. The van der Waals surface area contributed by atoms with Gasteiger partial charge in [-0.2, -0.15) is 0 Å². The summed E-state index contributed by atoms with van der Waals surface area (Å²) in [6.45, 7) is 5.54. The second kappa shape index (κ2) is 6.42. The van der Waals surface area contributed by atoms with Crippen molar-refractivity contribution in [3.05, 3.63) is 41.6 Å². The van der Waals surface area contributed by atoms with Crippen molar-refractivity contribution in [3.8, 4) is 0 Å². The van der Waals surface area contributed by atoms with Crippen molar-refractivity contribution in [2.75, 3.05) is 33.4 Å². The Bertz CT molecular complexity index is 681. The standard InChI is InChI=1S/C17H21N3O2/c1-12(20-6-8-22-9-7-20)14-10-13-4-3-5-19-16(13)15(11-14)17(21)18-2/h3-5,10-12H,6-9H2,1-2H3,(H,18,21). The van der Waals surface area contributed by atoms with Gasteiger partial charge in [0.15, 0.2) is 0 Å². The molecule has 0 radical (unpaired) electrons. The van der Waals surface area contributed by atoms with Crippen molar-refractivity contribution in [2.45, 2.75) is 13.0 Å². The van der Waals surface area contributed by atoms with Gasteiger partial charge in [0.2, 0.25) is 0 Å². The van der Waals surface area contributed by atoms with Gasteiger partial charge in [-0.3, -0.25) is 14.7 Å². The number of morpholine rings is 1. The average molecular weight is 299 g/mol. The minimum absolute atomic E-state index is 0.0975. The molecule has 1 atom stereocenters. The lowest BCUT2D eigenvalue weighted by Gasteiger charge is -2.32. The van der Waals surface area contributed by atoms with Crippen LogP contribution in [0.5, 0.6) is 0 Å². The molecular weight excluding hydrogens is 278 g/mol. The van der Waals surface area contributed by atoms with Crippen molar-refractivity contribution in [2.24, 2.45) is 0 Å². The number of aromatic nitrogens is 1. The van der Waals surface area contributed by atoms with Crippen molar-refractivity contribution < 1.29 is 9.53 Å². The molecule has 1 amide bonds. The van der Waals surface area contributed by atoms with Crippen LogP contribution in [0.15, 0.2) is 30.5 Å². The van der Waals surface area contributed by atoms with E-state index in [1.165, 1.54) is 0 Å². The maximum absolute atomic E-state index is 12.2. The third kappa shape index (κ3) is 2.82. The topological polar surface area (TPSA) is 54.5 Å². The van der Waals surface area contributed by atoms with Gasteiger partial charge < -0.3 is 10.1 Å². The number of carbonyl (C=O) groups is 1. The van der Waals surface area contributed by atoms with Crippen LogP contribution in [0.25, 0.3) is 10.9 Å². The van der Waals surface area contributed by atoms with E-state index in [0.29, 0.717) is 5.56 Å². The summed E-state index contributed by atoms with van der Waals surface area (Å²) in [5, 5.41) is 3.71. The fourth-order valence-corrected chi connectivity index (χ4v) is 2.94. The Hall–Kier alpha value is -1.98. The molecule has 1 saturated heterocycles. The fourth-order valence-electron chi connectivity index (χ4n) is 2.94. The van der Waals surface area contributed by atoms with Gasteiger partial charge in [0.05, 0.1) is 24.3 Å². The quantitative estimate of drug-likeness (QED) is 0.941. The van der Waals surface area contributed by atoms with Crippen LogP contribution < -0.4 is 5.32 Å². The van der Waals surface area contributed by atoms with Crippen LogP contribution in [0.2, 0.25) is 0 Å². The van der Waals surface area contributed by atoms with E-state index in [0.717, 1.165) is 42.8 Å². The van der Waals surface area contributed by atoms with E-state index in [1.54, 1.807) is 13.2 Å². The molecule has 1 unspecified atom stereocenters. The monoisotopic (exact) mass is 299 g/mol. The fraction of sp³-hybridized carbons (Fsp3) is 0.412. The number of benzene rings is 1. The van der Waals surface area contributed by atoms with E-state index in [1.807, 2.05) is 18.2 Å². The van der Waals surface area contributed by atoms with Crippen molar-refractivity contribution in [1.29, 1.82) is 0 Å². The third-order valence-corrected chi connectivity index (χ3v) is 4.27.